The van der Waals surface area contributed by atoms with Gasteiger partial charge in [-0.25, -0.2) is 0 Å². The molecule has 3 nitrogen and oxygen atoms in total. The molecule has 1 aromatic carbocycles. The van der Waals surface area contributed by atoms with Crippen LogP contribution >= 0.6 is 9.90 Å². The molecule has 0 aliphatic rings. The van der Waals surface area contributed by atoms with E-state index in [1.54, 1.807) is 0 Å². The largest absolute Gasteiger partial charge is 0.469 e. The molecule has 1 unspecified atom stereocenters. The van der Waals surface area contributed by atoms with Crippen LogP contribution in [0.1, 0.15) is 33.5 Å². The summed E-state index contributed by atoms with van der Waals surface area (Å²) in [7, 11) is 1.28. The van der Waals surface area contributed by atoms with Crippen molar-refractivity contribution >= 4 is 21.7 Å². The third-order valence-corrected chi connectivity index (χ3v) is 2.49. The van der Waals surface area contributed by atoms with Crippen LogP contribution in [-0.2, 0) is 9.53 Å². The van der Waals surface area contributed by atoms with E-state index in [9.17, 15) is 9.59 Å². The minimum Gasteiger partial charge on any atom is -0.469 e. The van der Waals surface area contributed by atoms with Crippen LogP contribution < -0.4 is 0 Å². The number of carbonyl (C=O) groups excluding carboxylic acids is 2. The van der Waals surface area contributed by atoms with Gasteiger partial charge in [0.05, 0.1) is 7.11 Å². The quantitative estimate of drug-likeness (QED) is 0.360. The van der Waals surface area contributed by atoms with Crippen molar-refractivity contribution in [1.82, 2.24) is 0 Å². The minimum absolute atomic E-state index is 0. The molecule has 0 bridgehead atoms. The lowest BCUT2D eigenvalue weighted by molar-refractivity contribution is -0.139. The average molecular weight is 254 g/mol. The van der Waals surface area contributed by atoms with E-state index >= 15 is 0 Å². The Hall–Kier alpha value is -1.21. The summed E-state index contributed by atoms with van der Waals surface area (Å²) in [6, 6.07) is 3.88. The Morgan fingerprint density at radius 2 is 1.59 bits per heavy atom. The van der Waals surface area contributed by atoms with Crippen molar-refractivity contribution < 1.29 is 14.3 Å². The van der Waals surface area contributed by atoms with Crippen LogP contribution in [-0.4, -0.2) is 18.9 Å². The van der Waals surface area contributed by atoms with E-state index < -0.39 is 5.97 Å². The SMILES string of the molecule is COC(=O)CC(=O)c1c(C)cc(C)cc1C.P. The van der Waals surface area contributed by atoms with E-state index in [1.165, 1.54) is 7.11 Å². The van der Waals surface area contributed by atoms with Crippen molar-refractivity contribution in [2.75, 3.05) is 7.11 Å². The van der Waals surface area contributed by atoms with Crippen molar-refractivity contribution in [1.29, 1.82) is 0 Å². The van der Waals surface area contributed by atoms with Gasteiger partial charge in [-0.05, 0) is 31.9 Å². The minimum atomic E-state index is -0.496. The molecule has 1 aromatic rings. The Morgan fingerprint density at radius 3 is 2.00 bits per heavy atom. The Bertz CT molecular complexity index is 415. The predicted molar refractivity (Wildman–Crippen MR) is 72.7 cm³/mol. The number of benzene rings is 1. The van der Waals surface area contributed by atoms with E-state index in [0.29, 0.717) is 5.56 Å². The van der Waals surface area contributed by atoms with Crippen LogP contribution in [0.25, 0.3) is 0 Å². The standard InChI is InChI=1S/C13H16O3.H3P/c1-8-5-9(2)13(10(3)6-8)11(14)7-12(15)16-4;/h5-6H,7H2,1-4H3;1H3. The number of methoxy groups -OCH3 is 1. The number of ketones is 1. The molecule has 0 spiro atoms. The first-order valence-corrected chi connectivity index (χ1v) is 5.13. The third kappa shape index (κ3) is 3.94. The molecular weight excluding hydrogens is 235 g/mol. The van der Waals surface area contributed by atoms with Crippen molar-refractivity contribution in [2.45, 2.75) is 27.2 Å². The molecule has 94 valence electrons. The highest BCUT2D eigenvalue weighted by atomic mass is 31.0. The lowest BCUT2D eigenvalue weighted by Gasteiger charge is -2.09. The first-order valence-electron chi connectivity index (χ1n) is 5.13. The van der Waals surface area contributed by atoms with Gasteiger partial charge in [-0.3, -0.25) is 9.59 Å². The number of hydrogen-bond acceptors (Lipinski definition) is 3. The summed E-state index contributed by atoms with van der Waals surface area (Å²) in [6.45, 7) is 5.74. The number of carbonyl (C=O) groups is 2. The number of hydrogen-bond donors (Lipinski definition) is 0. The van der Waals surface area contributed by atoms with Gasteiger partial charge in [-0.15, -0.1) is 0 Å². The van der Waals surface area contributed by atoms with Gasteiger partial charge in [-0.1, -0.05) is 17.7 Å². The highest BCUT2D eigenvalue weighted by Gasteiger charge is 2.16. The molecular formula is C13H19O3P. The smallest absolute Gasteiger partial charge is 0.313 e. The summed E-state index contributed by atoms with van der Waals surface area (Å²) in [5.74, 6) is -0.675. The Kier molecular flexibility index (Phi) is 6.04. The number of Topliss-reactive ketones (excluding diaryl/α,β-unsaturated/α-hetero) is 1. The van der Waals surface area contributed by atoms with Gasteiger partial charge in [0.1, 0.15) is 6.42 Å². The third-order valence-electron chi connectivity index (χ3n) is 2.49. The summed E-state index contributed by atoms with van der Waals surface area (Å²) < 4.78 is 4.49. The molecule has 0 fully saturated rings. The van der Waals surface area contributed by atoms with Crippen molar-refractivity contribution in [3.05, 3.63) is 34.4 Å². The van der Waals surface area contributed by atoms with Crippen LogP contribution in [0.15, 0.2) is 12.1 Å². The number of rotatable bonds is 3. The van der Waals surface area contributed by atoms with Crippen LogP contribution in [0.3, 0.4) is 0 Å². The van der Waals surface area contributed by atoms with Crippen LogP contribution in [0, 0.1) is 20.8 Å². The van der Waals surface area contributed by atoms with Crippen LogP contribution in [0.5, 0.6) is 0 Å². The zero-order valence-electron chi connectivity index (χ0n) is 10.8. The molecule has 1 atom stereocenters. The fraction of sp³-hybridized carbons (Fsp3) is 0.385. The maximum atomic E-state index is 11.9. The fourth-order valence-electron chi connectivity index (χ4n) is 1.91. The fourth-order valence-corrected chi connectivity index (χ4v) is 1.91. The van der Waals surface area contributed by atoms with E-state index in [0.717, 1.165) is 16.7 Å². The highest BCUT2D eigenvalue weighted by molar-refractivity contribution is 6.92. The normalized spacial score (nSPS) is 9.41. The topological polar surface area (TPSA) is 43.4 Å². The van der Waals surface area contributed by atoms with Gasteiger partial charge in [0.15, 0.2) is 5.78 Å². The first-order chi connectivity index (χ1) is 7.45. The Morgan fingerprint density at radius 1 is 1.12 bits per heavy atom. The summed E-state index contributed by atoms with van der Waals surface area (Å²) in [5, 5.41) is 0. The van der Waals surface area contributed by atoms with E-state index in [-0.39, 0.29) is 22.1 Å². The van der Waals surface area contributed by atoms with Crippen molar-refractivity contribution in [2.24, 2.45) is 0 Å². The van der Waals surface area contributed by atoms with Gasteiger partial charge in [0, 0.05) is 5.56 Å². The zero-order valence-corrected chi connectivity index (χ0v) is 12.2. The van der Waals surface area contributed by atoms with Gasteiger partial charge >= 0.3 is 5.97 Å². The lowest BCUT2D eigenvalue weighted by atomic mass is 9.95. The van der Waals surface area contributed by atoms with Gasteiger partial charge in [0.25, 0.3) is 0 Å². The molecule has 0 saturated carbocycles. The summed E-state index contributed by atoms with van der Waals surface area (Å²) in [6.07, 6.45) is -0.193. The number of esters is 1. The second kappa shape index (κ2) is 6.51. The molecule has 0 heterocycles. The van der Waals surface area contributed by atoms with Crippen molar-refractivity contribution in [3.63, 3.8) is 0 Å². The Labute approximate surface area is 105 Å². The monoisotopic (exact) mass is 254 g/mol. The van der Waals surface area contributed by atoms with Crippen LogP contribution in [0.4, 0.5) is 0 Å². The summed E-state index contributed by atoms with van der Waals surface area (Å²) >= 11 is 0. The molecule has 0 radical (unpaired) electrons. The summed E-state index contributed by atoms with van der Waals surface area (Å²) in [4.78, 5) is 22.9. The molecule has 0 N–H and O–H groups in total. The lowest BCUT2D eigenvalue weighted by Crippen LogP contribution is -2.12. The van der Waals surface area contributed by atoms with Gasteiger partial charge < -0.3 is 4.74 Å². The molecule has 1 rings (SSSR count). The van der Waals surface area contributed by atoms with Crippen LogP contribution in [0.2, 0.25) is 0 Å². The molecule has 17 heavy (non-hydrogen) atoms. The van der Waals surface area contributed by atoms with Gasteiger partial charge in [-0.2, -0.15) is 9.90 Å². The van der Waals surface area contributed by atoms with Crippen molar-refractivity contribution in [3.8, 4) is 0 Å². The first kappa shape index (κ1) is 15.8. The van der Waals surface area contributed by atoms with E-state index in [2.05, 4.69) is 4.74 Å². The predicted octanol–water partition coefficient (Wildman–Crippen LogP) is 2.42. The molecule has 0 saturated heterocycles. The summed E-state index contributed by atoms with van der Waals surface area (Å²) in [5.41, 5.74) is 3.57. The number of aryl methyl sites for hydroxylation is 3. The number of ether oxygens (including phenoxy) is 1. The average Bonchev–Trinajstić information content (AvgIpc) is 2.15. The highest BCUT2D eigenvalue weighted by Crippen LogP contribution is 2.18. The van der Waals surface area contributed by atoms with E-state index in [1.807, 2.05) is 32.9 Å². The van der Waals surface area contributed by atoms with Gasteiger partial charge in [0.2, 0.25) is 0 Å². The zero-order chi connectivity index (χ0) is 12.3. The second-order valence-electron chi connectivity index (χ2n) is 3.95. The molecule has 0 aliphatic heterocycles. The molecule has 0 amide bonds. The molecule has 4 heteroatoms. The Balaban J connectivity index is 0.00000256. The molecule has 0 aliphatic carbocycles. The molecule has 0 aromatic heterocycles. The maximum absolute atomic E-state index is 11.9. The van der Waals surface area contributed by atoms with E-state index in [4.69, 9.17) is 0 Å². The second-order valence-corrected chi connectivity index (χ2v) is 3.95. The maximum Gasteiger partial charge on any atom is 0.313 e.